The van der Waals surface area contributed by atoms with Gasteiger partial charge in [0.25, 0.3) is 0 Å². The Labute approximate surface area is 254 Å². The van der Waals surface area contributed by atoms with Gasteiger partial charge < -0.3 is 9.64 Å². The molecule has 236 valence electrons. The van der Waals surface area contributed by atoms with Crippen LogP contribution in [-0.4, -0.2) is 54.0 Å². The molecule has 0 radical (unpaired) electrons. The zero-order valence-electron chi connectivity index (χ0n) is 26.3. The minimum atomic E-state index is -4.75. The van der Waals surface area contributed by atoms with Crippen molar-refractivity contribution in [2.45, 2.75) is 85.0 Å². The number of rotatable bonds is 7. The number of benzene rings is 2. The van der Waals surface area contributed by atoms with Crippen LogP contribution in [0.1, 0.15) is 84.3 Å². The van der Waals surface area contributed by atoms with Gasteiger partial charge in [-0.15, -0.1) is 13.2 Å². The number of Topliss-reactive ketones (excluding diaryl/α,β-unsaturated/α-hetero) is 1. The number of carbonyl (C=O) groups is 2. The molecular formula is C35H47F3N2O3. The van der Waals surface area contributed by atoms with Gasteiger partial charge in [-0.25, -0.2) is 0 Å². The van der Waals surface area contributed by atoms with E-state index in [1.165, 1.54) is 12.1 Å². The van der Waals surface area contributed by atoms with Gasteiger partial charge >= 0.3 is 6.36 Å². The topological polar surface area (TPSA) is 49.9 Å². The number of hydrogen-bond donors (Lipinski definition) is 0. The monoisotopic (exact) mass is 600 g/mol. The Hall–Kier alpha value is -2.87. The fraction of sp³-hybridized carbons (Fsp3) is 0.600. The molecule has 0 saturated carbocycles. The standard InChI is InChI=1S/C35H47F3N2O3/c1-25(41)39-21-18-26(19-22-39)23-32(42)30-13-9-10-20-40(24-31(30)33(2,3)4)34(5,27-11-7-6-8-12-27)28-14-16-29(17-15-28)43-35(36,37)38/h6-8,11-12,14-17,26,30-31H,9-10,13,18-24H2,1-5H3/t30?,31-,34?/m0/s1. The van der Waals surface area contributed by atoms with Crippen LogP contribution in [0.3, 0.4) is 0 Å². The molecule has 2 heterocycles. The Morgan fingerprint density at radius 2 is 1.44 bits per heavy atom. The predicted molar refractivity (Wildman–Crippen MR) is 162 cm³/mol. The summed E-state index contributed by atoms with van der Waals surface area (Å²) in [4.78, 5) is 30.2. The molecule has 43 heavy (non-hydrogen) atoms. The van der Waals surface area contributed by atoms with Gasteiger partial charge in [0.1, 0.15) is 11.5 Å². The van der Waals surface area contributed by atoms with Crippen molar-refractivity contribution in [3.8, 4) is 5.75 Å². The molecule has 3 atom stereocenters. The van der Waals surface area contributed by atoms with Gasteiger partial charge in [0.2, 0.25) is 5.91 Å². The molecule has 5 nitrogen and oxygen atoms in total. The van der Waals surface area contributed by atoms with E-state index in [4.69, 9.17) is 0 Å². The average molecular weight is 601 g/mol. The molecule has 2 saturated heterocycles. The van der Waals surface area contributed by atoms with Crippen molar-refractivity contribution >= 4 is 11.7 Å². The summed E-state index contributed by atoms with van der Waals surface area (Å²) in [6.07, 6.45) is 0.265. The number of nitrogens with zero attached hydrogens (tertiary/aromatic N) is 2. The van der Waals surface area contributed by atoms with E-state index in [9.17, 15) is 22.8 Å². The first-order chi connectivity index (χ1) is 20.2. The Morgan fingerprint density at radius 3 is 2.00 bits per heavy atom. The average Bonchev–Trinajstić information content (AvgIpc) is 2.92. The van der Waals surface area contributed by atoms with Gasteiger partial charge in [-0.3, -0.25) is 14.5 Å². The van der Waals surface area contributed by atoms with Crippen molar-refractivity contribution in [1.82, 2.24) is 9.80 Å². The van der Waals surface area contributed by atoms with Crippen molar-refractivity contribution in [2.24, 2.45) is 23.2 Å². The van der Waals surface area contributed by atoms with E-state index in [0.717, 1.165) is 62.9 Å². The van der Waals surface area contributed by atoms with Crippen LogP contribution in [0.2, 0.25) is 0 Å². The second kappa shape index (κ2) is 13.4. The third kappa shape index (κ3) is 8.20. The van der Waals surface area contributed by atoms with Crippen molar-refractivity contribution < 1.29 is 27.5 Å². The highest BCUT2D eigenvalue weighted by atomic mass is 19.4. The third-order valence-corrected chi connectivity index (χ3v) is 9.79. The number of alkyl halides is 3. The zero-order valence-corrected chi connectivity index (χ0v) is 26.3. The maximum absolute atomic E-state index is 14.0. The van der Waals surface area contributed by atoms with Crippen LogP contribution in [0.4, 0.5) is 13.2 Å². The van der Waals surface area contributed by atoms with Crippen molar-refractivity contribution in [2.75, 3.05) is 26.2 Å². The second-order valence-electron chi connectivity index (χ2n) is 13.7. The highest BCUT2D eigenvalue weighted by Crippen LogP contribution is 2.44. The first-order valence-electron chi connectivity index (χ1n) is 15.6. The molecule has 2 unspecified atom stereocenters. The minimum absolute atomic E-state index is 0.0729. The number of halogens is 3. The Bertz CT molecular complexity index is 1220. The smallest absolute Gasteiger partial charge is 0.406 e. The first-order valence-corrected chi connectivity index (χ1v) is 15.6. The summed E-state index contributed by atoms with van der Waals surface area (Å²) in [7, 11) is 0. The minimum Gasteiger partial charge on any atom is -0.406 e. The van der Waals surface area contributed by atoms with E-state index in [1.54, 1.807) is 19.1 Å². The first kappa shape index (κ1) is 33.0. The van der Waals surface area contributed by atoms with Crippen LogP contribution in [-0.2, 0) is 15.1 Å². The van der Waals surface area contributed by atoms with E-state index in [1.807, 2.05) is 23.1 Å². The van der Waals surface area contributed by atoms with Gasteiger partial charge in [-0.05, 0) is 79.7 Å². The lowest BCUT2D eigenvalue weighted by molar-refractivity contribution is -0.274. The molecule has 1 amide bonds. The number of ketones is 1. The van der Waals surface area contributed by atoms with Crippen molar-refractivity contribution in [1.29, 1.82) is 0 Å². The summed E-state index contributed by atoms with van der Waals surface area (Å²) >= 11 is 0. The van der Waals surface area contributed by atoms with Crippen LogP contribution >= 0.6 is 0 Å². The zero-order chi connectivity index (χ0) is 31.4. The molecule has 2 aliphatic rings. The molecule has 0 spiro atoms. The molecule has 8 heteroatoms. The predicted octanol–water partition coefficient (Wildman–Crippen LogP) is 7.83. The maximum Gasteiger partial charge on any atom is 0.573 e. The summed E-state index contributed by atoms with van der Waals surface area (Å²) in [5.41, 5.74) is 1.15. The Morgan fingerprint density at radius 1 is 0.837 bits per heavy atom. The molecule has 2 aliphatic heterocycles. The number of amides is 1. The van der Waals surface area contributed by atoms with Gasteiger partial charge in [-0.2, -0.15) is 0 Å². The Kier molecular flexibility index (Phi) is 10.3. The lowest BCUT2D eigenvalue weighted by Gasteiger charge is -2.49. The quantitative estimate of drug-likeness (QED) is 0.325. The highest BCUT2D eigenvalue weighted by molar-refractivity contribution is 5.81. The van der Waals surface area contributed by atoms with Gasteiger partial charge in [-0.1, -0.05) is 69.7 Å². The molecule has 2 aromatic carbocycles. The second-order valence-corrected chi connectivity index (χ2v) is 13.7. The van der Waals surface area contributed by atoms with E-state index < -0.39 is 11.9 Å². The lowest BCUT2D eigenvalue weighted by atomic mass is 9.67. The molecule has 2 fully saturated rings. The number of hydrogen-bond acceptors (Lipinski definition) is 4. The van der Waals surface area contributed by atoms with Gasteiger partial charge in [0.05, 0.1) is 5.54 Å². The SMILES string of the molecule is CC(=O)N1CCC(CC(=O)C2CCCCN(C(C)(c3ccccc3)c3ccc(OC(F)(F)F)cc3)C[C@@H]2C(C)(C)C)CC1. The summed E-state index contributed by atoms with van der Waals surface area (Å²) in [5, 5.41) is 0. The van der Waals surface area contributed by atoms with Crippen LogP contribution < -0.4 is 4.74 Å². The van der Waals surface area contributed by atoms with Crippen LogP contribution in [0, 0.1) is 23.2 Å². The number of carbonyl (C=O) groups excluding carboxylic acids is 2. The highest BCUT2D eigenvalue weighted by Gasteiger charge is 2.44. The van der Waals surface area contributed by atoms with Gasteiger partial charge in [0, 0.05) is 38.9 Å². The van der Waals surface area contributed by atoms with E-state index >= 15 is 0 Å². The molecule has 2 aromatic rings. The van der Waals surface area contributed by atoms with Crippen LogP contribution in [0.5, 0.6) is 5.75 Å². The fourth-order valence-corrected chi connectivity index (χ4v) is 7.16. The van der Waals surface area contributed by atoms with Crippen LogP contribution in [0.25, 0.3) is 0 Å². The normalized spacial score (nSPS) is 22.7. The molecular weight excluding hydrogens is 553 g/mol. The Balaban J connectivity index is 1.64. The lowest BCUT2D eigenvalue weighted by Crippen LogP contribution is -2.52. The summed E-state index contributed by atoms with van der Waals surface area (Å²) in [6.45, 7) is 13.3. The fourth-order valence-electron chi connectivity index (χ4n) is 7.16. The summed E-state index contributed by atoms with van der Waals surface area (Å²) in [6, 6.07) is 16.3. The number of ether oxygens (including phenoxy) is 1. The van der Waals surface area contributed by atoms with E-state index in [-0.39, 0.29) is 28.9 Å². The molecule has 4 rings (SSSR count). The molecule has 0 aliphatic carbocycles. The molecule has 0 N–H and O–H groups in total. The van der Waals surface area contributed by atoms with Crippen molar-refractivity contribution in [3.05, 3.63) is 65.7 Å². The largest absolute Gasteiger partial charge is 0.573 e. The maximum atomic E-state index is 14.0. The summed E-state index contributed by atoms with van der Waals surface area (Å²) in [5.74, 6) is 0.508. The van der Waals surface area contributed by atoms with Crippen LogP contribution in [0.15, 0.2) is 54.6 Å². The molecule has 0 bridgehead atoms. The number of likely N-dealkylation sites (tertiary alicyclic amines) is 2. The number of piperidine rings is 1. The third-order valence-electron chi connectivity index (χ3n) is 9.79. The summed E-state index contributed by atoms with van der Waals surface area (Å²) < 4.78 is 42.9. The van der Waals surface area contributed by atoms with E-state index in [0.29, 0.717) is 24.7 Å². The van der Waals surface area contributed by atoms with E-state index in [2.05, 4.69) is 49.5 Å². The van der Waals surface area contributed by atoms with Gasteiger partial charge in [0.15, 0.2) is 0 Å². The molecule has 0 aromatic heterocycles. The van der Waals surface area contributed by atoms with Crippen molar-refractivity contribution in [3.63, 3.8) is 0 Å².